The summed E-state index contributed by atoms with van der Waals surface area (Å²) < 4.78 is 0. The molecule has 0 aliphatic carbocycles. The molecule has 0 rings (SSSR count). The van der Waals surface area contributed by atoms with Gasteiger partial charge in [0.25, 0.3) is 0 Å². The molecule has 35 heavy (non-hydrogen) atoms. The van der Waals surface area contributed by atoms with Crippen LogP contribution in [0.4, 0.5) is 0 Å². The Hall–Kier alpha value is -2.73. The molecule has 0 saturated carbocycles. The maximum atomic E-state index is 13.1. The van der Waals surface area contributed by atoms with Gasteiger partial charge in [-0.2, -0.15) is 0 Å². The van der Waals surface area contributed by atoms with Crippen molar-refractivity contribution in [3.8, 4) is 0 Å². The van der Waals surface area contributed by atoms with E-state index in [-0.39, 0.29) is 37.5 Å². The number of rotatable bonds is 18. The molecule has 0 spiro atoms. The van der Waals surface area contributed by atoms with Gasteiger partial charge in [-0.05, 0) is 56.9 Å². The van der Waals surface area contributed by atoms with Gasteiger partial charge < -0.3 is 38.3 Å². The highest BCUT2D eigenvalue weighted by molar-refractivity contribution is 5.94. The lowest BCUT2D eigenvalue weighted by Crippen LogP contribution is -2.57. The summed E-state index contributed by atoms with van der Waals surface area (Å²) in [5.41, 5.74) is 16.6. The minimum Gasteiger partial charge on any atom is -0.480 e. The highest BCUT2D eigenvalue weighted by atomic mass is 16.4. The zero-order chi connectivity index (χ0) is 27.1. The zero-order valence-electron chi connectivity index (χ0n) is 21.3. The first-order chi connectivity index (χ1) is 16.3. The molecule has 0 saturated heterocycles. The predicted octanol–water partition coefficient (Wildman–Crippen LogP) is -0.661. The third kappa shape index (κ3) is 14.3. The second-order valence-corrected chi connectivity index (χ2v) is 9.68. The summed E-state index contributed by atoms with van der Waals surface area (Å²) in [6.45, 7) is 7.98. The molecular weight excluding hydrogens is 456 g/mol. The lowest BCUT2D eigenvalue weighted by molar-refractivity contribution is -0.142. The number of carboxylic acid groups (broad SMARTS) is 1. The molecule has 202 valence electrons. The van der Waals surface area contributed by atoms with Crippen LogP contribution in [-0.4, -0.2) is 65.4 Å². The van der Waals surface area contributed by atoms with E-state index in [1.807, 2.05) is 27.7 Å². The van der Waals surface area contributed by atoms with Crippen LogP contribution in [0, 0.1) is 11.8 Å². The van der Waals surface area contributed by atoms with Crippen LogP contribution in [0.1, 0.15) is 72.6 Å². The van der Waals surface area contributed by atoms with Gasteiger partial charge in [-0.3, -0.25) is 19.2 Å². The standard InChI is InChI=1S/C23H44N6O6/c1-13(2)11-15(25)20(31)29-18(12-14(3)4)22(33)27-16(8-9-19(26)30)21(32)28-17(23(34)35)7-5-6-10-24/h13-18H,5-12,24-25H2,1-4H3,(H2,26,30)(H,27,33)(H,28,32)(H,29,31)(H,34,35). The van der Waals surface area contributed by atoms with Crippen molar-refractivity contribution in [2.24, 2.45) is 29.0 Å². The van der Waals surface area contributed by atoms with Crippen LogP contribution in [0.5, 0.6) is 0 Å². The molecule has 0 aliphatic heterocycles. The Kier molecular flexibility index (Phi) is 15.5. The van der Waals surface area contributed by atoms with Gasteiger partial charge in [-0.15, -0.1) is 0 Å². The van der Waals surface area contributed by atoms with E-state index in [1.165, 1.54) is 0 Å². The van der Waals surface area contributed by atoms with E-state index in [4.69, 9.17) is 17.2 Å². The van der Waals surface area contributed by atoms with Crippen LogP contribution >= 0.6 is 0 Å². The van der Waals surface area contributed by atoms with Crippen LogP contribution in [0.3, 0.4) is 0 Å². The van der Waals surface area contributed by atoms with Crippen molar-refractivity contribution < 1.29 is 29.1 Å². The Bertz CT molecular complexity index is 715. The number of primary amides is 1. The smallest absolute Gasteiger partial charge is 0.326 e. The van der Waals surface area contributed by atoms with Gasteiger partial charge in [0.2, 0.25) is 23.6 Å². The van der Waals surface area contributed by atoms with Crippen molar-refractivity contribution in [2.45, 2.75) is 96.8 Å². The van der Waals surface area contributed by atoms with E-state index in [0.717, 1.165) is 0 Å². The topological polar surface area (TPSA) is 220 Å². The number of unbranched alkanes of at least 4 members (excludes halogenated alkanes) is 1. The number of amides is 4. The Morgan fingerprint density at radius 2 is 1.26 bits per heavy atom. The number of carbonyl (C=O) groups excluding carboxylic acids is 4. The first kappa shape index (κ1) is 32.3. The molecule has 0 bridgehead atoms. The molecular formula is C23H44N6O6. The van der Waals surface area contributed by atoms with E-state index < -0.39 is 53.8 Å². The van der Waals surface area contributed by atoms with E-state index in [1.54, 1.807) is 0 Å². The van der Waals surface area contributed by atoms with Crippen LogP contribution in [-0.2, 0) is 24.0 Å². The Labute approximate surface area is 207 Å². The second kappa shape index (κ2) is 16.8. The number of carbonyl (C=O) groups is 5. The molecule has 0 heterocycles. The first-order valence-corrected chi connectivity index (χ1v) is 12.2. The maximum absolute atomic E-state index is 13.1. The van der Waals surface area contributed by atoms with Gasteiger partial charge in [0.05, 0.1) is 6.04 Å². The van der Waals surface area contributed by atoms with Crippen molar-refractivity contribution in [1.82, 2.24) is 16.0 Å². The van der Waals surface area contributed by atoms with E-state index in [0.29, 0.717) is 25.8 Å². The number of hydrogen-bond acceptors (Lipinski definition) is 7. The summed E-state index contributed by atoms with van der Waals surface area (Å²) in [7, 11) is 0. The molecule has 0 fully saturated rings. The third-order valence-electron chi connectivity index (χ3n) is 5.28. The number of nitrogens with two attached hydrogens (primary N) is 3. The van der Waals surface area contributed by atoms with Crippen LogP contribution in [0.2, 0.25) is 0 Å². The van der Waals surface area contributed by atoms with Gasteiger partial charge in [-0.25, -0.2) is 4.79 Å². The van der Waals surface area contributed by atoms with Crippen molar-refractivity contribution in [2.75, 3.05) is 6.54 Å². The van der Waals surface area contributed by atoms with Gasteiger partial charge in [0.15, 0.2) is 0 Å². The fraction of sp³-hybridized carbons (Fsp3) is 0.783. The number of aliphatic carboxylic acids is 1. The normalized spacial score (nSPS) is 14.6. The Morgan fingerprint density at radius 1 is 0.743 bits per heavy atom. The quantitative estimate of drug-likeness (QED) is 0.119. The number of hydrogen-bond donors (Lipinski definition) is 7. The molecule has 12 nitrogen and oxygen atoms in total. The predicted molar refractivity (Wildman–Crippen MR) is 132 cm³/mol. The maximum Gasteiger partial charge on any atom is 0.326 e. The van der Waals surface area contributed by atoms with E-state index >= 15 is 0 Å². The molecule has 0 aliphatic rings. The first-order valence-electron chi connectivity index (χ1n) is 12.2. The zero-order valence-corrected chi connectivity index (χ0v) is 21.3. The van der Waals surface area contributed by atoms with E-state index in [9.17, 15) is 29.1 Å². The Morgan fingerprint density at radius 3 is 1.74 bits per heavy atom. The number of nitrogens with one attached hydrogen (secondary N) is 3. The monoisotopic (exact) mass is 500 g/mol. The van der Waals surface area contributed by atoms with Gasteiger partial charge >= 0.3 is 5.97 Å². The highest BCUT2D eigenvalue weighted by Crippen LogP contribution is 2.09. The average Bonchev–Trinajstić information content (AvgIpc) is 2.74. The molecule has 10 N–H and O–H groups in total. The minimum atomic E-state index is -1.22. The summed E-state index contributed by atoms with van der Waals surface area (Å²) in [6, 6.07) is -4.16. The lowest BCUT2D eigenvalue weighted by Gasteiger charge is -2.26. The molecule has 0 aromatic carbocycles. The largest absolute Gasteiger partial charge is 0.480 e. The van der Waals surface area contributed by atoms with Gasteiger partial charge in [-0.1, -0.05) is 27.7 Å². The van der Waals surface area contributed by atoms with Gasteiger partial charge in [0.1, 0.15) is 18.1 Å². The van der Waals surface area contributed by atoms with Crippen LogP contribution in [0.25, 0.3) is 0 Å². The summed E-state index contributed by atoms with van der Waals surface area (Å²) in [4.78, 5) is 61.3. The molecule has 0 aromatic rings. The molecule has 4 atom stereocenters. The second-order valence-electron chi connectivity index (χ2n) is 9.68. The number of carboxylic acids is 1. The SMILES string of the molecule is CC(C)CC(N)C(=O)NC(CC(C)C)C(=O)NC(CCC(N)=O)C(=O)NC(CCCCN)C(=O)O. The average molecular weight is 501 g/mol. The highest BCUT2D eigenvalue weighted by Gasteiger charge is 2.30. The van der Waals surface area contributed by atoms with Gasteiger partial charge in [0, 0.05) is 6.42 Å². The summed E-state index contributed by atoms with van der Waals surface area (Å²) >= 11 is 0. The van der Waals surface area contributed by atoms with E-state index in [2.05, 4.69) is 16.0 Å². The fourth-order valence-corrected chi connectivity index (χ4v) is 3.45. The third-order valence-corrected chi connectivity index (χ3v) is 5.28. The molecule has 4 unspecified atom stereocenters. The summed E-state index contributed by atoms with van der Waals surface area (Å²) in [6.07, 6.45) is 1.64. The molecule has 0 radical (unpaired) electrons. The Balaban J connectivity index is 5.53. The van der Waals surface area contributed by atoms with Crippen molar-refractivity contribution in [3.05, 3.63) is 0 Å². The van der Waals surface area contributed by atoms with Crippen molar-refractivity contribution in [1.29, 1.82) is 0 Å². The lowest BCUT2D eigenvalue weighted by atomic mass is 10.00. The molecule has 4 amide bonds. The van der Waals surface area contributed by atoms with Crippen molar-refractivity contribution >= 4 is 29.6 Å². The summed E-state index contributed by atoms with van der Waals surface area (Å²) in [5, 5.41) is 17.0. The van der Waals surface area contributed by atoms with Crippen molar-refractivity contribution in [3.63, 3.8) is 0 Å². The summed E-state index contributed by atoms with van der Waals surface area (Å²) in [5.74, 6) is -3.56. The molecule has 12 heteroatoms. The van der Waals surface area contributed by atoms with Crippen LogP contribution in [0.15, 0.2) is 0 Å². The minimum absolute atomic E-state index is 0.0317. The fourth-order valence-electron chi connectivity index (χ4n) is 3.45. The van der Waals surface area contributed by atoms with Crippen LogP contribution < -0.4 is 33.2 Å². The molecule has 0 aromatic heterocycles.